The number of tetrazole rings is 1. The molecule has 8 nitrogen and oxygen atoms in total. The maximum Gasteiger partial charge on any atom is 0.346 e. The van der Waals surface area contributed by atoms with E-state index in [-0.39, 0.29) is 11.1 Å². The zero-order chi connectivity index (χ0) is 24.4. The molecule has 2 aromatic heterocycles. The molecule has 4 aromatic rings. The fraction of sp³-hybridized carbons (Fsp3) is 0.444. The normalized spacial score (nSPS) is 14.9. The van der Waals surface area contributed by atoms with Crippen LogP contribution in [-0.2, 0) is 18.5 Å². The van der Waals surface area contributed by atoms with Crippen molar-refractivity contribution in [3.63, 3.8) is 0 Å². The van der Waals surface area contributed by atoms with Crippen molar-refractivity contribution in [1.82, 2.24) is 35.0 Å². The maximum atomic E-state index is 13.4. The Kier molecular flexibility index (Phi) is 6.36. The number of aromatic nitrogens is 7. The van der Waals surface area contributed by atoms with E-state index in [0.29, 0.717) is 18.3 Å². The molecule has 0 bridgehead atoms. The van der Waals surface area contributed by atoms with Crippen LogP contribution in [0, 0.1) is 5.92 Å². The molecule has 1 aliphatic rings. The van der Waals surface area contributed by atoms with Gasteiger partial charge in [0.15, 0.2) is 5.82 Å². The SMILES string of the molecule is CC(C)(C)c1nn(CC2CCCCC2)c(=O)n1Cc1ccc(-c2ccccc2-c2nnn[nH]2)cc1. The highest BCUT2D eigenvalue weighted by molar-refractivity contribution is 5.80. The van der Waals surface area contributed by atoms with Gasteiger partial charge >= 0.3 is 5.69 Å². The first-order chi connectivity index (χ1) is 16.9. The van der Waals surface area contributed by atoms with Crippen LogP contribution in [0.3, 0.4) is 0 Å². The molecule has 1 N–H and O–H groups in total. The van der Waals surface area contributed by atoms with Crippen LogP contribution in [-0.4, -0.2) is 35.0 Å². The van der Waals surface area contributed by atoms with Crippen LogP contribution in [0.5, 0.6) is 0 Å². The summed E-state index contributed by atoms with van der Waals surface area (Å²) in [6.45, 7) is 7.59. The minimum Gasteiger partial charge on any atom is -0.274 e. The molecule has 5 rings (SSSR count). The highest BCUT2D eigenvalue weighted by Gasteiger charge is 2.26. The van der Waals surface area contributed by atoms with Gasteiger partial charge in [-0.1, -0.05) is 88.6 Å². The molecule has 0 atom stereocenters. The van der Waals surface area contributed by atoms with E-state index in [0.717, 1.165) is 34.6 Å². The van der Waals surface area contributed by atoms with Crippen molar-refractivity contribution < 1.29 is 0 Å². The monoisotopic (exact) mass is 471 g/mol. The fourth-order valence-corrected chi connectivity index (χ4v) is 5.06. The van der Waals surface area contributed by atoms with Crippen LogP contribution in [0.1, 0.15) is 64.3 Å². The number of benzene rings is 2. The quantitative estimate of drug-likeness (QED) is 0.435. The van der Waals surface area contributed by atoms with E-state index >= 15 is 0 Å². The van der Waals surface area contributed by atoms with Gasteiger partial charge in [0, 0.05) is 17.5 Å². The van der Waals surface area contributed by atoms with Crippen LogP contribution in [0.4, 0.5) is 0 Å². The number of rotatable bonds is 6. The van der Waals surface area contributed by atoms with Gasteiger partial charge in [0.05, 0.1) is 6.54 Å². The minimum absolute atomic E-state index is 0.00672. The summed E-state index contributed by atoms with van der Waals surface area (Å²) in [7, 11) is 0. The average molecular weight is 472 g/mol. The average Bonchev–Trinajstić information content (AvgIpc) is 3.50. The molecule has 0 spiro atoms. The smallest absolute Gasteiger partial charge is 0.274 e. The van der Waals surface area contributed by atoms with Crippen LogP contribution in [0.25, 0.3) is 22.5 Å². The lowest BCUT2D eigenvalue weighted by Gasteiger charge is -2.20. The van der Waals surface area contributed by atoms with Gasteiger partial charge in [0.2, 0.25) is 0 Å². The zero-order valence-electron chi connectivity index (χ0n) is 20.7. The minimum atomic E-state index is -0.221. The van der Waals surface area contributed by atoms with Gasteiger partial charge in [-0.15, -0.1) is 5.10 Å². The van der Waals surface area contributed by atoms with Crippen molar-refractivity contribution in [2.75, 3.05) is 0 Å². The van der Waals surface area contributed by atoms with E-state index in [4.69, 9.17) is 5.10 Å². The molecule has 35 heavy (non-hydrogen) atoms. The summed E-state index contributed by atoms with van der Waals surface area (Å²) < 4.78 is 3.57. The Morgan fingerprint density at radius 1 is 0.971 bits per heavy atom. The molecular weight excluding hydrogens is 438 g/mol. The molecule has 0 amide bonds. The Morgan fingerprint density at radius 3 is 2.34 bits per heavy atom. The summed E-state index contributed by atoms with van der Waals surface area (Å²) in [5.74, 6) is 2.03. The van der Waals surface area contributed by atoms with E-state index in [1.807, 2.05) is 22.8 Å². The third-order valence-electron chi connectivity index (χ3n) is 6.88. The number of nitrogens with one attached hydrogen (secondary N) is 1. The number of hydrogen-bond donors (Lipinski definition) is 1. The van der Waals surface area contributed by atoms with E-state index < -0.39 is 0 Å². The van der Waals surface area contributed by atoms with Gasteiger partial charge in [0.25, 0.3) is 0 Å². The Labute approximate surface area is 205 Å². The third-order valence-corrected chi connectivity index (χ3v) is 6.88. The second-order valence-corrected chi connectivity index (χ2v) is 10.6. The molecule has 8 heteroatoms. The highest BCUT2D eigenvalue weighted by atomic mass is 16.2. The number of nitrogens with zero attached hydrogens (tertiary/aromatic N) is 6. The van der Waals surface area contributed by atoms with E-state index in [9.17, 15) is 4.79 Å². The number of H-pyrrole nitrogens is 1. The maximum absolute atomic E-state index is 13.4. The van der Waals surface area contributed by atoms with Gasteiger partial charge in [-0.3, -0.25) is 4.57 Å². The lowest BCUT2D eigenvalue weighted by atomic mass is 9.89. The zero-order valence-corrected chi connectivity index (χ0v) is 20.7. The number of hydrogen-bond acceptors (Lipinski definition) is 5. The lowest BCUT2D eigenvalue weighted by Crippen LogP contribution is -2.30. The summed E-state index contributed by atoms with van der Waals surface area (Å²) in [6, 6.07) is 16.4. The predicted molar refractivity (Wildman–Crippen MR) is 136 cm³/mol. The summed E-state index contributed by atoms with van der Waals surface area (Å²) in [4.78, 5) is 13.4. The number of aromatic amines is 1. The second-order valence-electron chi connectivity index (χ2n) is 10.6. The summed E-state index contributed by atoms with van der Waals surface area (Å²) in [5.41, 5.74) is 3.90. The second kappa shape index (κ2) is 9.60. The van der Waals surface area contributed by atoms with Gasteiger partial charge in [0.1, 0.15) is 5.82 Å². The third kappa shape index (κ3) is 4.97. The van der Waals surface area contributed by atoms with Crippen LogP contribution in [0.2, 0.25) is 0 Å². The van der Waals surface area contributed by atoms with Gasteiger partial charge in [-0.25, -0.2) is 14.6 Å². The van der Waals surface area contributed by atoms with Crippen LogP contribution < -0.4 is 5.69 Å². The molecule has 0 unspecified atom stereocenters. The Morgan fingerprint density at radius 2 is 1.69 bits per heavy atom. The van der Waals surface area contributed by atoms with Crippen molar-refractivity contribution in [3.05, 3.63) is 70.4 Å². The molecule has 0 radical (unpaired) electrons. The first kappa shape index (κ1) is 23.2. The van der Waals surface area contributed by atoms with Gasteiger partial charge in [-0.05, 0) is 45.9 Å². The van der Waals surface area contributed by atoms with Crippen molar-refractivity contribution in [1.29, 1.82) is 0 Å². The molecule has 1 fully saturated rings. The summed E-state index contributed by atoms with van der Waals surface area (Å²) in [5, 5.41) is 19.2. The standard InChI is InChI=1S/C27H33N7O/c1-27(2,3)25-30-34(18-19-9-5-4-6-10-19)26(35)33(25)17-20-13-15-21(16-14-20)22-11-7-8-12-23(22)24-28-31-32-29-24/h7-8,11-16,19H,4-6,9-10,17-18H2,1-3H3,(H,28,29,31,32). The van der Waals surface area contributed by atoms with Gasteiger partial charge < -0.3 is 0 Å². The molecule has 1 saturated carbocycles. The lowest BCUT2D eigenvalue weighted by molar-refractivity contribution is 0.302. The van der Waals surface area contributed by atoms with E-state index in [1.165, 1.54) is 32.1 Å². The van der Waals surface area contributed by atoms with Crippen molar-refractivity contribution in [2.45, 2.75) is 71.4 Å². The molecule has 0 saturated heterocycles. The first-order valence-electron chi connectivity index (χ1n) is 12.5. The molecule has 2 heterocycles. The molecular formula is C27H33N7O. The Hall–Kier alpha value is -3.55. The molecule has 0 aliphatic heterocycles. The molecule has 182 valence electrons. The highest BCUT2D eigenvalue weighted by Crippen LogP contribution is 2.30. The Balaban J connectivity index is 1.42. The predicted octanol–water partition coefficient (Wildman–Crippen LogP) is 4.82. The fourth-order valence-electron chi connectivity index (χ4n) is 5.06. The molecule has 1 aliphatic carbocycles. The summed E-state index contributed by atoms with van der Waals surface area (Å²) >= 11 is 0. The van der Waals surface area contributed by atoms with Crippen molar-refractivity contribution >= 4 is 0 Å². The largest absolute Gasteiger partial charge is 0.346 e. The Bertz CT molecular complexity index is 1320. The van der Waals surface area contributed by atoms with E-state index in [1.54, 1.807) is 4.68 Å². The topological polar surface area (TPSA) is 94.3 Å². The first-order valence-corrected chi connectivity index (χ1v) is 12.5. The van der Waals surface area contributed by atoms with Crippen LogP contribution >= 0.6 is 0 Å². The van der Waals surface area contributed by atoms with Crippen molar-refractivity contribution in [2.24, 2.45) is 5.92 Å². The van der Waals surface area contributed by atoms with Gasteiger partial charge in [-0.2, -0.15) is 5.10 Å². The van der Waals surface area contributed by atoms with E-state index in [2.05, 4.69) is 71.7 Å². The molecule has 2 aromatic carbocycles. The van der Waals surface area contributed by atoms with Crippen LogP contribution in [0.15, 0.2) is 53.3 Å². The van der Waals surface area contributed by atoms with Crippen molar-refractivity contribution in [3.8, 4) is 22.5 Å². The summed E-state index contributed by atoms with van der Waals surface area (Å²) in [6.07, 6.45) is 6.21.